The zero-order chi connectivity index (χ0) is 16.7. The summed E-state index contributed by atoms with van der Waals surface area (Å²) in [5, 5.41) is 0. The summed E-state index contributed by atoms with van der Waals surface area (Å²) in [6.45, 7) is 0.802. The predicted molar refractivity (Wildman–Crippen MR) is 102 cm³/mol. The van der Waals surface area contributed by atoms with Gasteiger partial charge in [0, 0.05) is 12.8 Å². The highest BCUT2D eigenvalue weighted by atomic mass is 32.2. The SMILES string of the molecule is O=CCC1(CCc2ccc(OC3CCCCO3)cc2)SCCCS1. The molecule has 0 amide bonds. The molecule has 3 nitrogen and oxygen atoms in total. The molecule has 132 valence electrons. The Balaban J connectivity index is 1.52. The van der Waals surface area contributed by atoms with E-state index in [1.54, 1.807) is 0 Å². The van der Waals surface area contributed by atoms with Crippen LogP contribution < -0.4 is 4.74 Å². The number of ether oxygens (including phenoxy) is 2. The third kappa shape index (κ3) is 5.17. The van der Waals surface area contributed by atoms with E-state index in [-0.39, 0.29) is 10.4 Å². The molecular formula is C19H26O3S2. The van der Waals surface area contributed by atoms with E-state index in [1.165, 1.54) is 29.9 Å². The van der Waals surface area contributed by atoms with E-state index in [0.29, 0.717) is 6.42 Å². The van der Waals surface area contributed by atoms with Crippen molar-refractivity contribution in [1.29, 1.82) is 0 Å². The first-order valence-electron chi connectivity index (χ1n) is 8.88. The number of thioether (sulfide) groups is 2. The van der Waals surface area contributed by atoms with Gasteiger partial charge in [-0.15, -0.1) is 23.5 Å². The van der Waals surface area contributed by atoms with E-state index < -0.39 is 0 Å². The largest absolute Gasteiger partial charge is 0.465 e. The van der Waals surface area contributed by atoms with Crippen molar-refractivity contribution in [2.75, 3.05) is 18.1 Å². The normalized spacial score (nSPS) is 23.6. The fraction of sp³-hybridized carbons (Fsp3) is 0.632. The Hall–Kier alpha value is -0.650. The van der Waals surface area contributed by atoms with Gasteiger partial charge in [0.15, 0.2) is 6.29 Å². The molecule has 5 heteroatoms. The summed E-state index contributed by atoms with van der Waals surface area (Å²) in [7, 11) is 0. The molecule has 1 aromatic rings. The molecule has 0 aliphatic carbocycles. The molecule has 0 bridgehead atoms. The molecule has 1 aromatic carbocycles. The Morgan fingerprint density at radius 1 is 1.17 bits per heavy atom. The molecule has 2 heterocycles. The first kappa shape index (κ1) is 18.2. The number of hydrogen-bond donors (Lipinski definition) is 0. The number of aryl methyl sites for hydroxylation is 1. The van der Waals surface area contributed by atoms with E-state index in [2.05, 4.69) is 12.1 Å². The maximum absolute atomic E-state index is 11.1. The Bertz CT molecular complexity index is 506. The van der Waals surface area contributed by atoms with E-state index >= 15 is 0 Å². The van der Waals surface area contributed by atoms with Gasteiger partial charge in [0.05, 0.1) is 10.7 Å². The van der Waals surface area contributed by atoms with Gasteiger partial charge in [0.25, 0.3) is 0 Å². The lowest BCUT2D eigenvalue weighted by atomic mass is 10.1. The molecule has 2 aliphatic heterocycles. The highest BCUT2D eigenvalue weighted by Gasteiger charge is 2.32. The Morgan fingerprint density at radius 2 is 1.96 bits per heavy atom. The van der Waals surface area contributed by atoms with Crippen molar-refractivity contribution in [1.82, 2.24) is 0 Å². The Labute approximate surface area is 153 Å². The molecule has 2 saturated heterocycles. The average Bonchev–Trinajstić information content (AvgIpc) is 2.63. The number of carbonyl (C=O) groups excluding carboxylic acids is 1. The number of aldehydes is 1. The van der Waals surface area contributed by atoms with Crippen molar-refractivity contribution in [3.63, 3.8) is 0 Å². The van der Waals surface area contributed by atoms with Crippen LogP contribution in [0.25, 0.3) is 0 Å². The van der Waals surface area contributed by atoms with E-state index in [9.17, 15) is 4.79 Å². The molecule has 0 saturated carbocycles. The van der Waals surface area contributed by atoms with Crippen molar-refractivity contribution >= 4 is 29.8 Å². The first-order valence-corrected chi connectivity index (χ1v) is 10.9. The molecule has 1 atom stereocenters. The number of hydrogen-bond acceptors (Lipinski definition) is 5. The molecule has 0 radical (unpaired) electrons. The van der Waals surface area contributed by atoms with Gasteiger partial charge in [0.1, 0.15) is 12.0 Å². The van der Waals surface area contributed by atoms with Crippen LogP contribution in [0.5, 0.6) is 5.75 Å². The molecule has 0 aromatic heterocycles. The molecule has 0 spiro atoms. The van der Waals surface area contributed by atoms with E-state index in [1.807, 2.05) is 35.7 Å². The number of carbonyl (C=O) groups is 1. The summed E-state index contributed by atoms with van der Waals surface area (Å²) in [6.07, 6.45) is 8.26. The summed E-state index contributed by atoms with van der Waals surface area (Å²) < 4.78 is 11.6. The van der Waals surface area contributed by atoms with E-state index in [0.717, 1.165) is 44.3 Å². The fourth-order valence-corrected chi connectivity index (χ4v) is 6.34. The first-order chi connectivity index (χ1) is 11.8. The van der Waals surface area contributed by atoms with Crippen LogP contribution in [0.2, 0.25) is 0 Å². The van der Waals surface area contributed by atoms with Crippen molar-refractivity contribution in [3.05, 3.63) is 29.8 Å². The zero-order valence-electron chi connectivity index (χ0n) is 14.1. The van der Waals surface area contributed by atoms with Gasteiger partial charge in [-0.25, -0.2) is 0 Å². The molecule has 0 N–H and O–H groups in total. The second-order valence-electron chi connectivity index (χ2n) is 6.39. The molecule has 3 rings (SSSR count). The van der Waals surface area contributed by atoms with Crippen LogP contribution in [-0.2, 0) is 16.0 Å². The van der Waals surface area contributed by atoms with Crippen LogP contribution in [0.15, 0.2) is 24.3 Å². The maximum Gasteiger partial charge on any atom is 0.199 e. The van der Waals surface area contributed by atoms with Crippen molar-refractivity contribution < 1.29 is 14.3 Å². The van der Waals surface area contributed by atoms with Gasteiger partial charge >= 0.3 is 0 Å². The van der Waals surface area contributed by atoms with Crippen LogP contribution in [0.1, 0.15) is 44.1 Å². The van der Waals surface area contributed by atoms with Crippen LogP contribution in [-0.4, -0.2) is 34.8 Å². The van der Waals surface area contributed by atoms with Crippen molar-refractivity contribution in [2.24, 2.45) is 0 Å². The van der Waals surface area contributed by atoms with Crippen molar-refractivity contribution in [2.45, 2.75) is 55.3 Å². The summed E-state index contributed by atoms with van der Waals surface area (Å²) in [6, 6.07) is 8.37. The lowest BCUT2D eigenvalue weighted by Crippen LogP contribution is -2.26. The van der Waals surface area contributed by atoms with Crippen LogP contribution in [0.3, 0.4) is 0 Å². The lowest BCUT2D eigenvalue weighted by Gasteiger charge is -2.34. The summed E-state index contributed by atoms with van der Waals surface area (Å²) in [5.74, 6) is 3.24. The van der Waals surface area contributed by atoms with Crippen LogP contribution in [0, 0.1) is 0 Å². The minimum atomic E-state index is -0.0875. The monoisotopic (exact) mass is 366 g/mol. The number of rotatable bonds is 7. The second-order valence-corrected chi connectivity index (χ2v) is 9.61. The minimum absolute atomic E-state index is 0.0875. The maximum atomic E-state index is 11.1. The zero-order valence-corrected chi connectivity index (χ0v) is 15.7. The summed E-state index contributed by atoms with van der Waals surface area (Å²) in [5.41, 5.74) is 1.31. The quantitative estimate of drug-likeness (QED) is 0.655. The molecule has 2 fully saturated rings. The fourth-order valence-electron chi connectivity index (χ4n) is 3.13. The standard InChI is InChI=1S/C19H26O3S2/c20-12-11-19(23-14-3-15-24-19)10-9-16-5-7-17(8-6-16)22-18-4-1-2-13-21-18/h5-8,12,18H,1-4,9-11,13-15H2. The van der Waals surface area contributed by atoms with Gasteiger partial charge in [-0.3, -0.25) is 0 Å². The molecule has 1 unspecified atom stereocenters. The van der Waals surface area contributed by atoms with Gasteiger partial charge in [-0.05, 0) is 61.3 Å². The smallest absolute Gasteiger partial charge is 0.199 e. The van der Waals surface area contributed by atoms with Gasteiger partial charge in [-0.2, -0.15) is 0 Å². The third-order valence-electron chi connectivity index (χ3n) is 4.54. The topological polar surface area (TPSA) is 35.5 Å². The predicted octanol–water partition coefficient (Wildman–Crippen LogP) is 4.68. The average molecular weight is 367 g/mol. The van der Waals surface area contributed by atoms with Crippen LogP contribution in [0.4, 0.5) is 0 Å². The van der Waals surface area contributed by atoms with Crippen molar-refractivity contribution in [3.8, 4) is 5.75 Å². The van der Waals surface area contributed by atoms with Crippen LogP contribution >= 0.6 is 23.5 Å². The Morgan fingerprint density at radius 3 is 2.62 bits per heavy atom. The number of benzene rings is 1. The summed E-state index contributed by atoms with van der Waals surface area (Å²) in [4.78, 5) is 11.1. The Kier molecular flexibility index (Phi) is 6.93. The minimum Gasteiger partial charge on any atom is -0.465 e. The van der Waals surface area contributed by atoms with Gasteiger partial charge in [-0.1, -0.05) is 12.1 Å². The molecule has 2 aliphatic rings. The van der Waals surface area contributed by atoms with Gasteiger partial charge < -0.3 is 14.3 Å². The highest BCUT2D eigenvalue weighted by Crippen LogP contribution is 2.47. The third-order valence-corrected chi connectivity index (χ3v) is 8.02. The van der Waals surface area contributed by atoms with E-state index in [4.69, 9.17) is 9.47 Å². The lowest BCUT2D eigenvalue weighted by molar-refractivity contribution is -0.108. The second kappa shape index (κ2) is 9.16. The molecular weight excluding hydrogens is 340 g/mol. The molecule has 24 heavy (non-hydrogen) atoms. The summed E-state index contributed by atoms with van der Waals surface area (Å²) >= 11 is 3.94. The highest BCUT2D eigenvalue weighted by molar-refractivity contribution is 8.18. The van der Waals surface area contributed by atoms with Gasteiger partial charge in [0.2, 0.25) is 0 Å².